The molecule has 0 aromatic rings. The van der Waals surface area contributed by atoms with Crippen LogP contribution in [0.3, 0.4) is 0 Å². The van der Waals surface area contributed by atoms with Gasteiger partial charge < -0.3 is 19.3 Å². The minimum atomic E-state index is -0.620. The van der Waals surface area contributed by atoms with E-state index in [9.17, 15) is 19.2 Å². The van der Waals surface area contributed by atoms with Crippen molar-refractivity contribution in [2.45, 2.75) is 51.6 Å². The van der Waals surface area contributed by atoms with Crippen LogP contribution >= 0.6 is 0 Å². The van der Waals surface area contributed by atoms with E-state index >= 15 is 0 Å². The van der Waals surface area contributed by atoms with Gasteiger partial charge in [0.25, 0.3) is 0 Å². The van der Waals surface area contributed by atoms with Crippen LogP contribution in [0.25, 0.3) is 0 Å². The second-order valence-corrected chi connectivity index (χ2v) is 7.44. The van der Waals surface area contributed by atoms with Gasteiger partial charge in [-0.15, -0.1) is 0 Å². The van der Waals surface area contributed by atoms with Crippen molar-refractivity contribution in [2.75, 3.05) is 26.3 Å². The van der Waals surface area contributed by atoms with E-state index < -0.39 is 35.9 Å². The Balaban J connectivity index is 1.81. The summed E-state index contributed by atoms with van der Waals surface area (Å²) in [7, 11) is 0. The van der Waals surface area contributed by atoms with Crippen molar-refractivity contribution in [1.29, 1.82) is 0 Å². The summed E-state index contributed by atoms with van der Waals surface area (Å²) < 4.78 is 10.7. The molecule has 0 unspecified atom stereocenters. The number of nitrogens with zero attached hydrogens (tertiary/aromatic N) is 2. The van der Waals surface area contributed by atoms with E-state index in [2.05, 4.69) is 0 Å². The molecule has 2 amide bonds. The SMILES string of the molecule is C[C@H]1COC(=O)[C@@H]2CCCN2C(=O)[C@@H](C)COC(=O)[C@@H]2CCCN2C1=O. The number of cyclic esters (lactones) is 2. The average Bonchev–Trinajstić information content (AvgIpc) is 3.30. The van der Waals surface area contributed by atoms with Gasteiger partial charge in [-0.25, -0.2) is 9.59 Å². The Labute approximate surface area is 152 Å². The lowest BCUT2D eigenvalue weighted by Gasteiger charge is -2.29. The summed E-state index contributed by atoms with van der Waals surface area (Å²) in [5.74, 6) is -2.42. The Kier molecular flexibility index (Phi) is 5.48. The Morgan fingerprint density at radius 2 is 1.12 bits per heavy atom. The van der Waals surface area contributed by atoms with Gasteiger partial charge in [-0.1, -0.05) is 13.8 Å². The van der Waals surface area contributed by atoms with Crippen LogP contribution in [0.5, 0.6) is 0 Å². The van der Waals surface area contributed by atoms with Crippen molar-refractivity contribution in [3.8, 4) is 0 Å². The van der Waals surface area contributed by atoms with Crippen molar-refractivity contribution < 1.29 is 28.7 Å². The second-order valence-electron chi connectivity index (χ2n) is 7.44. The van der Waals surface area contributed by atoms with Crippen LogP contribution < -0.4 is 0 Å². The van der Waals surface area contributed by atoms with Crippen molar-refractivity contribution in [2.24, 2.45) is 11.8 Å². The maximum atomic E-state index is 12.7. The van der Waals surface area contributed by atoms with Gasteiger partial charge in [0.05, 0.1) is 11.8 Å². The first-order chi connectivity index (χ1) is 12.4. The van der Waals surface area contributed by atoms with Gasteiger partial charge in [0.1, 0.15) is 25.3 Å². The Hall–Kier alpha value is -2.12. The summed E-state index contributed by atoms with van der Waals surface area (Å²) in [6.07, 6.45) is 2.55. The molecule has 0 aromatic carbocycles. The van der Waals surface area contributed by atoms with Crippen molar-refractivity contribution >= 4 is 23.8 Å². The fourth-order valence-electron chi connectivity index (χ4n) is 3.87. The van der Waals surface area contributed by atoms with Crippen molar-refractivity contribution in [3.63, 3.8) is 0 Å². The highest BCUT2D eigenvalue weighted by Crippen LogP contribution is 2.24. The van der Waals surface area contributed by atoms with Crippen LogP contribution in [0.15, 0.2) is 0 Å². The minimum absolute atomic E-state index is 0.0516. The molecule has 0 saturated carbocycles. The second kappa shape index (κ2) is 7.63. The first-order valence-corrected chi connectivity index (χ1v) is 9.34. The monoisotopic (exact) mass is 366 g/mol. The van der Waals surface area contributed by atoms with Crippen LogP contribution in [0.4, 0.5) is 0 Å². The number of carbonyl (C=O) groups excluding carboxylic acids is 4. The van der Waals surface area contributed by atoms with E-state index in [0.29, 0.717) is 25.9 Å². The van der Waals surface area contributed by atoms with E-state index in [0.717, 1.165) is 12.8 Å². The number of amides is 2. The fraction of sp³-hybridized carbons (Fsp3) is 0.778. The van der Waals surface area contributed by atoms with Gasteiger partial charge in [0, 0.05) is 13.1 Å². The summed E-state index contributed by atoms with van der Waals surface area (Å²) >= 11 is 0. The van der Waals surface area contributed by atoms with E-state index in [1.807, 2.05) is 0 Å². The largest absolute Gasteiger partial charge is 0.463 e. The van der Waals surface area contributed by atoms with Crippen LogP contribution in [0, 0.1) is 11.8 Å². The van der Waals surface area contributed by atoms with Crippen molar-refractivity contribution in [1.82, 2.24) is 9.80 Å². The third-order valence-electron chi connectivity index (χ3n) is 5.41. The summed E-state index contributed by atoms with van der Waals surface area (Å²) in [6, 6.07) is -1.24. The zero-order valence-corrected chi connectivity index (χ0v) is 15.3. The standard InChI is InChI=1S/C18H26N2O6/c1-11-9-25-17(23)14-6-4-8-20(14)16(22)12(2)10-26-18(24)13-5-3-7-19(13)15(11)21/h11-14H,3-10H2,1-2H3/t11-,12-,13-,14-/m0/s1. The summed E-state index contributed by atoms with van der Waals surface area (Å²) in [5, 5.41) is 0. The summed E-state index contributed by atoms with van der Waals surface area (Å²) in [4.78, 5) is 53.2. The number of hydrogen-bond donors (Lipinski definition) is 0. The number of rotatable bonds is 0. The normalized spacial score (nSPS) is 34.1. The quantitative estimate of drug-likeness (QED) is 0.574. The molecule has 0 aromatic heterocycles. The number of esters is 2. The van der Waals surface area contributed by atoms with Crippen LogP contribution in [-0.2, 0) is 28.7 Å². The molecule has 0 aliphatic carbocycles. The third kappa shape index (κ3) is 3.54. The highest BCUT2D eigenvalue weighted by Gasteiger charge is 2.40. The minimum Gasteiger partial charge on any atom is -0.463 e. The van der Waals surface area contributed by atoms with Crippen LogP contribution in [-0.4, -0.2) is 71.9 Å². The molecule has 0 radical (unpaired) electrons. The number of fused-ring (bicyclic) bond motifs is 2. The van der Waals surface area contributed by atoms with Gasteiger partial charge in [-0.2, -0.15) is 0 Å². The molecule has 3 saturated heterocycles. The molecule has 4 atom stereocenters. The summed E-state index contributed by atoms with van der Waals surface area (Å²) in [6.45, 7) is 4.24. The molecule has 8 nitrogen and oxygen atoms in total. The molecule has 3 fully saturated rings. The molecule has 26 heavy (non-hydrogen) atoms. The predicted octanol–water partition coefficient (Wildman–Crippen LogP) is 0.341. The molecular weight excluding hydrogens is 340 g/mol. The number of ether oxygens (including phenoxy) is 2. The molecule has 3 heterocycles. The van der Waals surface area contributed by atoms with E-state index in [1.165, 1.54) is 9.80 Å². The molecule has 8 heteroatoms. The predicted molar refractivity (Wildman–Crippen MR) is 89.7 cm³/mol. The zero-order chi connectivity index (χ0) is 18.8. The Morgan fingerprint density at radius 1 is 0.731 bits per heavy atom. The first kappa shape index (κ1) is 18.7. The highest BCUT2D eigenvalue weighted by atomic mass is 16.5. The summed E-state index contributed by atoms with van der Waals surface area (Å²) in [5.41, 5.74) is 0. The topological polar surface area (TPSA) is 93.2 Å². The van der Waals surface area contributed by atoms with Gasteiger partial charge in [0.2, 0.25) is 11.8 Å². The van der Waals surface area contributed by atoms with E-state index in [4.69, 9.17) is 9.47 Å². The third-order valence-corrected chi connectivity index (χ3v) is 5.41. The molecule has 0 N–H and O–H groups in total. The first-order valence-electron chi connectivity index (χ1n) is 9.34. The van der Waals surface area contributed by atoms with Gasteiger partial charge >= 0.3 is 11.9 Å². The van der Waals surface area contributed by atoms with Gasteiger partial charge in [-0.05, 0) is 25.7 Å². The molecule has 3 aliphatic rings. The molecule has 0 spiro atoms. The smallest absolute Gasteiger partial charge is 0.328 e. The van der Waals surface area contributed by atoms with Gasteiger partial charge in [0.15, 0.2) is 0 Å². The fourth-order valence-corrected chi connectivity index (χ4v) is 3.87. The molecule has 144 valence electrons. The Morgan fingerprint density at radius 3 is 1.50 bits per heavy atom. The van der Waals surface area contributed by atoms with Crippen LogP contribution in [0.1, 0.15) is 39.5 Å². The highest BCUT2D eigenvalue weighted by molar-refractivity contribution is 5.88. The maximum absolute atomic E-state index is 12.7. The van der Waals surface area contributed by atoms with Crippen molar-refractivity contribution in [3.05, 3.63) is 0 Å². The average molecular weight is 366 g/mol. The lowest BCUT2D eigenvalue weighted by Crippen LogP contribution is -2.48. The number of hydrogen-bond acceptors (Lipinski definition) is 6. The van der Waals surface area contributed by atoms with E-state index in [-0.39, 0.29) is 25.0 Å². The lowest BCUT2D eigenvalue weighted by molar-refractivity contribution is -0.163. The Bertz CT molecular complexity index is 554. The van der Waals surface area contributed by atoms with Crippen LogP contribution in [0.2, 0.25) is 0 Å². The van der Waals surface area contributed by atoms with E-state index in [1.54, 1.807) is 13.8 Å². The molecule has 3 aliphatic heterocycles. The lowest BCUT2D eigenvalue weighted by atomic mass is 10.1. The molecular formula is C18H26N2O6. The molecule has 3 rings (SSSR count). The zero-order valence-electron chi connectivity index (χ0n) is 15.3. The molecule has 0 bridgehead atoms. The number of carbonyl (C=O) groups is 4. The van der Waals surface area contributed by atoms with Gasteiger partial charge in [-0.3, -0.25) is 9.59 Å². The maximum Gasteiger partial charge on any atom is 0.328 e.